The van der Waals surface area contributed by atoms with E-state index < -0.39 is 16.5 Å². The summed E-state index contributed by atoms with van der Waals surface area (Å²) in [5.74, 6) is -0.329. The Balaban J connectivity index is 1.90. The van der Waals surface area contributed by atoms with Crippen LogP contribution in [0.15, 0.2) is 24.3 Å². The molecule has 0 bridgehead atoms. The summed E-state index contributed by atoms with van der Waals surface area (Å²) in [4.78, 5) is 35.8. The number of nitrogens with one attached hydrogen (secondary N) is 1. The van der Waals surface area contributed by atoms with Gasteiger partial charge in [0.05, 0.1) is 10.6 Å². The molecule has 1 N–H and O–H groups in total. The van der Waals surface area contributed by atoms with Crippen molar-refractivity contribution in [3.8, 4) is 0 Å². The van der Waals surface area contributed by atoms with Gasteiger partial charge in [-0.15, -0.1) is 0 Å². The summed E-state index contributed by atoms with van der Waals surface area (Å²) in [7, 11) is 0. The number of nitro benzene ring substituents is 1. The van der Waals surface area contributed by atoms with E-state index in [2.05, 4.69) is 5.32 Å². The molecule has 2 aliphatic rings. The van der Waals surface area contributed by atoms with E-state index >= 15 is 0 Å². The molecule has 1 aromatic carbocycles. The van der Waals surface area contributed by atoms with Crippen LogP contribution >= 0.6 is 0 Å². The fourth-order valence-electron chi connectivity index (χ4n) is 2.64. The molecule has 2 heterocycles. The number of hydrogen-bond acceptors (Lipinski definition) is 5. The van der Waals surface area contributed by atoms with Gasteiger partial charge in [0, 0.05) is 38.2 Å². The highest BCUT2D eigenvalue weighted by molar-refractivity contribution is 6.23. The second-order valence-electron chi connectivity index (χ2n) is 5.04. The van der Waals surface area contributed by atoms with E-state index in [1.165, 1.54) is 24.3 Å². The first-order valence-electron chi connectivity index (χ1n) is 6.52. The van der Waals surface area contributed by atoms with E-state index in [1.54, 1.807) is 0 Å². The van der Waals surface area contributed by atoms with Crippen molar-refractivity contribution in [1.29, 1.82) is 0 Å². The summed E-state index contributed by atoms with van der Waals surface area (Å²) in [6.07, 6.45) is 0.863. The maximum Gasteiger partial charge on any atom is 0.329 e. The standard InChI is InChI=1S/C13H13N3O5/c17-11-13(5-7-21-8-6-13)14-12(18)15(11)9-1-3-10(4-2-9)16(19)20/h1-4H,5-8H2,(H,14,18). The lowest BCUT2D eigenvalue weighted by molar-refractivity contribution is -0.384. The number of nitrogens with zero attached hydrogens (tertiary/aromatic N) is 2. The fraction of sp³-hybridized carbons (Fsp3) is 0.385. The van der Waals surface area contributed by atoms with Crippen LogP contribution in [0.1, 0.15) is 12.8 Å². The predicted molar refractivity (Wildman–Crippen MR) is 71.9 cm³/mol. The molecular weight excluding hydrogens is 278 g/mol. The van der Waals surface area contributed by atoms with Gasteiger partial charge in [0.2, 0.25) is 0 Å². The SMILES string of the molecule is O=C1NC2(CCOCC2)C(=O)N1c1ccc([N+](=O)[O-])cc1. The van der Waals surface area contributed by atoms with Gasteiger partial charge in [0.1, 0.15) is 5.54 Å². The number of anilines is 1. The monoisotopic (exact) mass is 291 g/mol. The highest BCUT2D eigenvalue weighted by Gasteiger charge is 2.52. The van der Waals surface area contributed by atoms with Crippen molar-refractivity contribution in [3.63, 3.8) is 0 Å². The minimum Gasteiger partial charge on any atom is -0.381 e. The summed E-state index contributed by atoms with van der Waals surface area (Å²) in [5.41, 5.74) is -0.671. The van der Waals surface area contributed by atoms with Crippen molar-refractivity contribution in [2.45, 2.75) is 18.4 Å². The Kier molecular flexibility index (Phi) is 3.09. The number of carbonyl (C=O) groups excluding carboxylic acids is 2. The molecule has 3 amide bonds. The summed E-state index contributed by atoms with van der Waals surface area (Å²) < 4.78 is 5.23. The Bertz CT molecular complexity index is 607. The molecule has 3 rings (SSSR count). The van der Waals surface area contributed by atoms with E-state index in [9.17, 15) is 19.7 Å². The second kappa shape index (κ2) is 4.81. The lowest BCUT2D eigenvalue weighted by Crippen LogP contribution is -2.51. The van der Waals surface area contributed by atoms with Crippen LogP contribution < -0.4 is 10.2 Å². The zero-order valence-corrected chi connectivity index (χ0v) is 11.1. The third kappa shape index (κ3) is 2.13. The van der Waals surface area contributed by atoms with Gasteiger partial charge in [0.25, 0.3) is 11.6 Å². The normalized spacial score (nSPS) is 20.7. The van der Waals surface area contributed by atoms with E-state index in [0.29, 0.717) is 31.7 Å². The van der Waals surface area contributed by atoms with E-state index in [1.807, 2.05) is 0 Å². The number of rotatable bonds is 2. The third-order valence-corrected chi connectivity index (χ3v) is 3.83. The van der Waals surface area contributed by atoms with Gasteiger partial charge in [-0.05, 0) is 12.1 Å². The highest BCUT2D eigenvalue weighted by Crippen LogP contribution is 2.32. The summed E-state index contributed by atoms with van der Waals surface area (Å²) >= 11 is 0. The van der Waals surface area contributed by atoms with Gasteiger partial charge in [-0.2, -0.15) is 0 Å². The summed E-state index contributed by atoms with van der Waals surface area (Å²) in [6, 6.07) is 4.83. The van der Waals surface area contributed by atoms with E-state index in [4.69, 9.17) is 4.74 Å². The molecule has 0 unspecified atom stereocenters. The molecule has 0 radical (unpaired) electrons. The molecule has 2 saturated heterocycles. The number of nitro groups is 1. The maximum absolute atomic E-state index is 12.6. The Morgan fingerprint density at radius 3 is 2.38 bits per heavy atom. The lowest BCUT2D eigenvalue weighted by atomic mass is 9.90. The molecule has 110 valence electrons. The molecule has 0 atom stereocenters. The van der Waals surface area contributed by atoms with Crippen LogP contribution in [-0.2, 0) is 9.53 Å². The average molecular weight is 291 g/mol. The van der Waals surface area contributed by atoms with Crippen LogP contribution in [0.5, 0.6) is 0 Å². The fourth-order valence-corrected chi connectivity index (χ4v) is 2.64. The van der Waals surface area contributed by atoms with Crippen LogP contribution in [0.25, 0.3) is 0 Å². The van der Waals surface area contributed by atoms with Gasteiger partial charge >= 0.3 is 6.03 Å². The number of imide groups is 1. The Morgan fingerprint density at radius 1 is 1.19 bits per heavy atom. The second-order valence-corrected chi connectivity index (χ2v) is 5.04. The van der Waals surface area contributed by atoms with E-state index in [-0.39, 0.29) is 11.6 Å². The molecule has 0 aliphatic carbocycles. The number of ether oxygens (including phenoxy) is 1. The van der Waals surface area contributed by atoms with Crippen LogP contribution in [0.4, 0.5) is 16.2 Å². The summed E-state index contributed by atoms with van der Waals surface area (Å²) in [6.45, 7) is 0.834. The lowest BCUT2D eigenvalue weighted by Gasteiger charge is -2.30. The number of benzene rings is 1. The Morgan fingerprint density at radius 2 is 1.81 bits per heavy atom. The number of amides is 3. The van der Waals surface area contributed by atoms with Crippen molar-refractivity contribution >= 4 is 23.3 Å². The topological polar surface area (TPSA) is 102 Å². The zero-order chi connectivity index (χ0) is 15.0. The first-order chi connectivity index (χ1) is 10.0. The van der Waals surface area contributed by atoms with Crippen LogP contribution in [0, 0.1) is 10.1 Å². The minimum absolute atomic E-state index is 0.0911. The molecule has 8 nitrogen and oxygen atoms in total. The molecule has 1 aromatic rings. The van der Waals surface area contributed by atoms with E-state index in [0.717, 1.165) is 4.90 Å². The molecule has 2 fully saturated rings. The number of urea groups is 1. The Labute approximate surface area is 119 Å². The zero-order valence-electron chi connectivity index (χ0n) is 11.1. The molecule has 0 saturated carbocycles. The van der Waals surface area contributed by atoms with Gasteiger partial charge in [-0.25, -0.2) is 9.69 Å². The largest absolute Gasteiger partial charge is 0.381 e. The predicted octanol–water partition coefficient (Wildman–Crippen LogP) is 1.20. The van der Waals surface area contributed by atoms with Crippen LogP contribution in [-0.4, -0.2) is 35.6 Å². The third-order valence-electron chi connectivity index (χ3n) is 3.83. The van der Waals surface area contributed by atoms with Crippen LogP contribution in [0.2, 0.25) is 0 Å². The number of non-ortho nitro benzene ring substituents is 1. The quantitative estimate of drug-likeness (QED) is 0.501. The molecular formula is C13H13N3O5. The van der Waals surface area contributed by atoms with Gasteiger partial charge in [0.15, 0.2) is 0 Å². The van der Waals surface area contributed by atoms with Crippen molar-refractivity contribution in [3.05, 3.63) is 34.4 Å². The van der Waals surface area contributed by atoms with Crippen molar-refractivity contribution < 1.29 is 19.2 Å². The smallest absolute Gasteiger partial charge is 0.329 e. The summed E-state index contributed by atoms with van der Waals surface area (Å²) in [5, 5.41) is 13.4. The molecule has 21 heavy (non-hydrogen) atoms. The maximum atomic E-state index is 12.6. The van der Waals surface area contributed by atoms with Crippen molar-refractivity contribution in [2.75, 3.05) is 18.1 Å². The Hall–Kier alpha value is -2.48. The highest BCUT2D eigenvalue weighted by atomic mass is 16.6. The van der Waals surface area contributed by atoms with Gasteiger partial charge in [-0.1, -0.05) is 0 Å². The molecule has 2 aliphatic heterocycles. The molecule has 0 aromatic heterocycles. The first kappa shape index (κ1) is 13.5. The van der Waals surface area contributed by atoms with Gasteiger partial charge in [-0.3, -0.25) is 14.9 Å². The van der Waals surface area contributed by atoms with Crippen molar-refractivity contribution in [1.82, 2.24) is 5.32 Å². The van der Waals surface area contributed by atoms with Gasteiger partial charge < -0.3 is 10.1 Å². The number of hydrogen-bond donors (Lipinski definition) is 1. The van der Waals surface area contributed by atoms with Crippen molar-refractivity contribution in [2.24, 2.45) is 0 Å². The average Bonchev–Trinajstić information content (AvgIpc) is 2.71. The molecule has 8 heteroatoms. The minimum atomic E-state index is -0.906. The molecule has 1 spiro atoms. The van der Waals surface area contributed by atoms with Crippen LogP contribution in [0.3, 0.4) is 0 Å². The first-order valence-corrected chi connectivity index (χ1v) is 6.52. The number of carbonyl (C=O) groups is 2.